The van der Waals surface area contributed by atoms with Crippen LogP contribution >= 0.6 is 11.6 Å². The van der Waals surface area contributed by atoms with Crippen LogP contribution in [0, 0.1) is 0 Å². The first-order valence-corrected chi connectivity index (χ1v) is 4.84. The van der Waals surface area contributed by atoms with E-state index in [9.17, 15) is 4.79 Å². The van der Waals surface area contributed by atoms with Crippen molar-refractivity contribution in [3.8, 4) is 5.75 Å². The summed E-state index contributed by atoms with van der Waals surface area (Å²) in [5.74, 6) is 0.316. The van der Waals surface area contributed by atoms with Crippen LogP contribution in [0.15, 0.2) is 30.3 Å². The number of halogens is 1. The summed E-state index contributed by atoms with van der Waals surface area (Å²) in [5.41, 5.74) is 0.891. The third kappa shape index (κ3) is 4.04. The Morgan fingerprint density at radius 3 is 2.60 bits per heavy atom. The van der Waals surface area contributed by atoms with Gasteiger partial charge in [0.05, 0.1) is 7.11 Å². The maximum Gasteiger partial charge on any atom is 0.331 e. The number of carbonyl (C=O) groups is 1. The van der Waals surface area contributed by atoms with Gasteiger partial charge in [0.15, 0.2) is 6.07 Å². The molecule has 0 N–H and O–H groups in total. The van der Waals surface area contributed by atoms with Crippen LogP contribution < -0.4 is 4.74 Å². The van der Waals surface area contributed by atoms with Crippen molar-refractivity contribution < 1.29 is 14.3 Å². The van der Waals surface area contributed by atoms with Crippen LogP contribution in [-0.4, -0.2) is 19.1 Å². The lowest BCUT2D eigenvalue weighted by molar-refractivity contribution is -0.135. The van der Waals surface area contributed by atoms with E-state index in [1.54, 1.807) is 13.2 Å². The molecule has 0 unspecified atom stereocenters. The molecule has 0 atom stereocenters. The van der Waals surface area contributed by atoms with Gasteiger partial charge in [-0.3, -0.25) is 0 Å². The predicted octanol–water partition coefficient (Wildman–Crippen LogP) is 2.45. The topological polar surface area (TPSA) is 35.5 Å². The second-order valence-electron chi connectivity index (χ2n) is 2.68. The van der Waals surface area contributed by atoms with E-state index >= 15 is 0 Å². The van der Waals surface area contributed by atoms with E-state index in [1.165, 1.54) is 6.08 Å². The Kier molecular flexibility index (Phi) is 4.71. The predicted molar refractivity (Wildman–Crippen MR) is 58.8 cm³/mol. The zero-order valence-corrected chi connectivity index (χ0v) is 9.03. The van der Waals surface area contributed by atoms with Gasteiger partial charge < -0.3 is 9.47 Å². The van der Waals surface area contributed by atoms with Gasteiger partial charge in [-0.25, -0.2) is 4.79 Å². The molecule has 1 rings (SSSR count). The summed E-state index contributed by atoms with van der Waals surface area (Å²) in [6.45, 7) is 0. The number of esters is 1. The molecule has 0 aliphatic rings. The summed E-state index contributed by atoms with van der Waals surface area (Å²) in [7, 11) is 1.60. The van der Waals surface area contributed by atoms with Crippen LogP contribution in [-0.2, 0) is 9.53 Å². The van der Waals surface area contributed by atoms with Gasteiger partial charge in [-0.1, -0.05) is 23.7 Å². The van der Waals surface area contributed by atoms with E-state index in [-0.39, 0.29) is 6.07 Å². The van der Waals surface area contributed by atoms with Crippen LogP contribution in [0.5, 0.6) is 5.75 Å². The lowest BCUT2D eigenvalue weighted by atomic mass is 10.2. The summed E-state index contributed by atoms with van der Waals surface area (Å²) in [6, 6.07) is 7.16. The van der Waals surface area contributed by atoms with E-state index in [4.69, 9.17) is 16.3 Å². The average Bonchev–Trinajstić information content (AvgIpc) is 2.27. The lowest BCUT2D eigenvalue weighted by Crippen LogP contribution is -1.97. The first-order chi connectivity index (χ1) is 7.26. The zero-order chi connectivity index (χ0) is 11.1. The molecule has 0 fully saturated rings. The number of hydrogen-bond donors (Lipinski definition) is 0. The molecular formula is C11H11ClO3. The van der Waals surface area contributed by atoms with Gasteiger partial charge in [0.25, 0.3) is 0 Å². The van der Waals surface area contributed by atoms with Crippen molar-refractivity contribution in [2.24, 2.45) is 0 Å². The van der Waals surface area contributed by atoms with E-state index in [2.05, 4.69) is 4.74 Å². The minimum absolute atomic E-state index is 0.133. The average molecular weight is 227 g/mol. The van der Waals surface area contributed by atoms with Crippen molar-refractivity contribution in [1.29, 1.82) is 0 Å². The Morgan fingerprint density at radius 1 is 1.40 bits per heavy atom. The lowest BCUT2D eigenvalue weighted by Gasteiger charge is -1.98. The SMILES string of the molecule is COc1ccc(C=CC(=O)OCCl)cc1. The fraction of sp³-hybridized carbons (Fsp3) is 0.182. The molecule has 0 aromatic heterocycles. The highest BCUT2D eigenvalue weighted by Gasteiger charge is 1.94. The van der Waals surface area contributed by atoms with Crippen LogP contribution in [0.25, 0.3) is 6.08 Å². The molecule has 15 heavy (non-hydrogen) atoms. The van der Waals surface area contributed by atoms with Crippen LogP contribution in [0.3, 0.4) is 0 Å². The number of alkyl halides is 1. The second kappa shape index (κ2) is 6.09. The van der Waals surface area contributed by atoms with Gasteiger partial charge in [-0.15, -0.1) is 0 Å². The van der Waals surface area contributed by atoms with Crippen molar-refractivity contribution >= 4 is 23.6 Å². The minimum Gasteiger partial charge on any atom is -0.497 e. The highest BCUT2D eigenvalue weighted by atomic mass is 35.5. The summed E-state index contributed by atoms with van der Waals surface area (Å²) in [5, 5.41) is 0. The van der Waals surface area contributed by atoms with Gasteiger partial charge in [-0.2, -0.15) is 0 Å². The van der Waals surface area contributed by atoms with Gasteiger partial charge >= 0.3 is 5.97 Å². The minimum atomic E-state index is -0.458. The van der Waals surface area contributed by atoms with Gasteiger partial charge in [0.1, 0.15) is 5.75 Å². The van der Waals surface area contributed by atoms with Crippen LogP contribution in [0.1, 0.15) is 5.56 Å². The van der Waals surface area contributed by atoms with Crippen LogP contribution in [0.2, 0.25) is 0 Å². The molecule has 0 radical (unpaired) electrons. The monoisotopic (exact) mass is 226 g/mol. The van der Waals surface area contributed by atoms with E-state index < -0.39 is 5.97 Å². The summed E-state index contributed by atoms with van der Waals surface area (Å²) in [4.78, 5) is 10.9. The Balaban J connectivity index is 2.60. The quantitative estimate of drug-likeness (QED) is 0.450. The number of rotatable bonds is 4. The molecule has 3 nitrogen and oxygen atoms in total. The standard InChI is InChI=1S/C11H11ClO3/c1-14-10-5-2-9(3-6-10)4-7-11(13)15-8-12/h2-7H,8H2,1H3. The third-order valence-electron chi connectivity index (χ3n) is 1.72. The molecule has 80 valence electrons. The number of carbonyl (C=O) groups excluding carboxylic acids is 1. The number of hydrogen-bond acceptors (Lipinski definition) is 3. The molecule has 0 bridgehead atoms. The highest BCUT2D eigenvalue weighted by molar-refractivity contribution is 6.17. The van der Waals surface area contributed by atoms with Crippen molar-refractivity contribution in [1.82, 2.24) is 0 Å². The highest BCUT2D eigenvalue weighted by Crippen LogP contribution is 2.12. The Hall–Kier alpha value is -1.48. The number of ether oxygens (including phenoxy) is 2. The Morgan fingerprint density at radius 2 is 2.07 bits per heavy atom. The fourth-order valence-corrected chi connectivity index (χ4v) is 1.09. The van der Waals surface area contributed by atoms with Gasteiger partial charge in [0.2, 0.25) is 0 Å². The molecule has 0 heterocycles. The Bertz CT molecular complexity index is 343. The van der Waals surface area contributed by atoms with Crippen LogP contribution in [0.4, 0.5) is 0 Å². The number of benzene rings is 1. The molecular weight excluding hydrogens is 216 g/mol. The summed E-state index contributed by atoms with van der Waals surface area (Å²) < 4.78 is 9.52. The van der Waals surface area contributed by atoms with Gasteiger partial charge in [-0.05, 0) is 23.8 Å². The molecule has 1 aromatic rings. The van der Waals surface area contributed by atoms with Crippen molar-refractivity contribution in [3.63, 3.8) is 0 Å². The van der Waals surface area contributed by atoms with E-state index in [1.807, 2.05) is 24.3 Å². The molecule has 0 spiro atoms. The number of methoxy groups -OCH3 is 1. The molecule has 4 heteroatoms. The van der Waals surface area contributed by atoms with E-state index in [0.717, 1.165) is 11.3 Å². The van der Waals surface area contributed by atoms with E-state index in [0.29, 0.717) is 0 Å². The smallest absolute Gasteiger partial charge is 0.331 e. The molecule has 0 aliphatic carbocycles. The molecule has 0 saturated carbocycles. The third-order valence-corrected chi connectivity index (χ3v) is 1.83. The molecule has 0 amide bonds. The van der Waals surface area contributed by atoms with Crippen molar-refractivity contribution in [2.75, 3.05) is 13.2 Å². The Labute approximate surface area is 93.3 Å². The first kappa shape index (κ1) is 11.6. The fourth-order valence-electron chi connectivity index (χ4n) is 0.981. The largest absolute Gasteiger partial charge is 0.497 e. The molecule has 0 saturated heterocycles. The summed E-state index contributed by atoms with van der Waals surface area (Å²) in [6.07, 6.45) is 2.97. The maximum absolute atomic E-state index is 10.9. The van der Waals surface area contributed by atoms with Gasteiger partial charge in [0, 0.05) is 6.08 Å². The molecule has 0 aliphatic heterocycles. The van der Waals surface area contributed by atoms with Crippen molar-refractivity contribution in [3.05, 3.63) is 35.9 Å². The molecule has 1 aromatic carbocycles. The normalized spacial score (nSPS) is 10.3. The maximum atomic E-state index is 10.9. The summed E-state index contributed by atoms with van der Waals surface area (Å²) >= 11 is 5.22. The first-order valence-electron chi connectivity index (χ1n) is 4.31. The zero-order valence-electron chi connectivity index (χ0n) is 8.27. The van der Waals surface area contributed by atoms with Crippen molar-refractivity contribution in [2.45, 2.75) is 0 Å². The second-order valence-corrected chi connectivity index (χ2v) is 2.90.